The molecule has 5 heteroatoms. The van der Waals surface area contributed by atoms with Crippen LogP contribution in [0.4, 0.5) is 0 Å². The van der Waals surface area contributed by atoms with Gasteiger partial charge in [-0.2, -0.15) is 0 Å². The zero-order valence-electron chi connectivity index (χ0n) is 13.6. The van der Waals surface area contributed by atoms with E-state index in [0.717, 1.165) is 39.1 Å². The lowest BCUT2D eigenvalue weighted by atomic mass is 10.1. The molecule has 2 fully saturated rings. The van der Waals surface area contributed by atoms with Gasteiger partial charge in [0, 0.05) is 57.4 Å². The lowest BCUT2D eigenvalue weighted by Crippen LogP contribution is -2.49. The number of nitrogens with zero attached hydrogens (tertiary/aromatic N) is 3. The number of aromatic nitrogens is 1. The average Bonchev–Trinajstić information content (AvgIpc) is 2.99. The number of hydrogen-bond donors (Lipinski definition) is 0. The summed E-state index contributed by atoms with van der Waals surface area (Å²) in [5.41, 5.74) is 1.39. The fourth-order valence-corrected chi connectivity index (χ4v) is 3.85. The maximum Gasteiger partial charge on any atom is 0.213 e. The van der Waals surface area contributed by atoms with Gasteiger partial charge in [-0.05, 0) is 11.6 Å². The Morgan fingerprint density at radius 1 is 1.08 bits per heavy atom. The van der Waals surface area contributed by atoms with Crippen LogP contribution in [0.25, 0.3) is 0 Å². The minimum Gasteiger partial charge on any atom is -0.473 e. The van der Waals surface area contributed by atoms with Crippen LogP contribution in [0.2, 0.25) is 5.02 Å². The van der Waals surface area contributed by atoms with Gasteiger partial charge >= 0.3 is 0 Å². The highest BCUT2D eigenvalue weighted by atomic mass is 35.5. The summed E-state index contributed by atoms with van der Waals surface area (Å²) in [5.74, 6) is 0.672. The van der Waals surface area contributed by atoms with Gasteiger partial charge in [-0.25, -0.2) is 4.98 Å². The normalized spacial score (nSPS) is 24.7. The van der Waals surface area contributed by atoms with Crippen LogP contribution >= 0.6 is 11.6 Å². The molecule has 0 N–H and O–H groups in total. The van der Waals surface area contributed by atoms with Gasteiger partial charge in [-0.3, -0.25) is 9.80 Å². The van der Waals surface area contributed by atoms with Crippen LogP contribution < -0.4 is 4.74 Å². The third-order valence-corrected chi connectivity index (χ3v) is 5.12. The second-order valence-electron chi connectivity index (χ2n) is 6.66. The van der Waals surface area contributed by atoms with Gasteiger partial charge in [0.1, 0.15) is 6.10 Å². The van der Waals surface area contributed by atoms with Crippen LogP contribution in [-0.2, 0) is 6.54 Å². The maximum absolute atomic E-state index is 6.05. The van der Waals surface area contributed by atoms with E-state index in [9.17, 15) is 0 Å². The van der Waals surface area contributed by atoms with Crippen LogP contribution in [0.1, 0.15) is 12.0 Å². The molecule has 0 saturated carbocycles. The molecule has 0 unspecified atom stereocenters. The van der Waals surface area contributed by atoms with Gasteiger partial charge in [-0.1, -0.05) is 41.9 Å². The summed E-state index contributed by atoms with van der Waals surface area (Å²) >= 11 is 5.88. The first-order valence-corrected chi connectivity index (χ1v) is 8.92. The average molecular weight is 344 g/mol. The second-order valence-corrected chi connectivity index (χ2v) is 7.10. The predicted octanol–water partition coefficient (Wildman–Crippen LogP) is 3.07. The number of rotatable bonds is 4. The van der Waals surface area contributed by atoms with Crippen molar-refractivity contribution in [3.8, 4) is 5.88 Å². The quantitative estimate of drug-likeness (QED) is 0.853. The standard InChI is InChI=1S/C19H22ClN3O/c20-16-6-7-19(21-11-16)24-18-10-17-13-22(8-9-23(17)14-18)12-15-4-2-1-3-5-15/h1-7,11,17-18H,8-10,12-14H2/t17-,18+/m1/s1. The number of ether oxygens (including phenoxy) is 1. The Morgan fingerprint density at radius 2 is 1.96 bits per heavy atom. The summed E-state index contributed by atoms with van der Waals surface area (Å²) in [6, 6.07) is 15.0. The minimum atomic E-state index is 0.223. The molecule has 2 aromatic rings. The molecule has 0 radical (unpaired) electrons. The van der Waals surface area contributed by atoms with E-state index in [0.29, 0.717) is 16.9 Å². The molecular formula is C19H22ClN3O. The summed E-state index contributed by atoms with van der Waals surface area (Å²) in [6.45, 7) is 5.38. The van der Waals surface area contributed by atoms with Gasteiger partial charge in [0.2, 0.25) is 5.88 Å². The highest BCUT2D eigenvalue weighted by molar-refractivity contribution is 6.30. The molecule has 4 rings (SSSR count). The molecule has 2 atom stereocenters. The van der Waals surface area contributed by atoms with E-state index in [-0.39, 0.29) is 6.10 Å². The predicted molar refractivity (Wildman–Crippen MR) is 95.4 cm³/mol. The third-order valence-electron chi connectivity index (χ3n) is 4.90. The molecule has 126 valence electrons. The number of halogens is 1. The number of hydrogen-bond acceptors (Lipinski definition) is 4. The molecule has 0 aliphatic carbocycles. The number of benzene rings is 1. The third kappa shape index (κ3) is 3.72. The lowest BCUT2D eigenvalue weighted by molar-refractivity contribution is 0.0977. The SMILES string of the molecule is Clc1ccc(O[C@H]2C[C@@H]3CN(Cc4ccccc4)CCN3C2)nc1. The summed E-state index contributed by atoms with van der Waals surface area (Å²) < 4.78 is 6.05. The number of pyridine rings is 1. The van der Waals surface area contributed by atoms with Gasteiger partial charge in [-0.15, -0.1) is 0 Å². The molecule has 1 aromatic carbocycles. The fourth-order valence-electron chi connectivity index (χ4n) is 3.73. The fraction of sp³-hybridized carbons (Fsp3) is 0.421. The first-order chi connectivity index (χ1) is 11.8. The van der Waals surface area contributed by atoms with E-state index in [1.165, 1.54) is 5.56 Å². The van der Waals surface area contributed by atoms with Crippen LogP contribution in [-0.4, -0.2) is 53.1 Å². The molecular weight excluding hydrogens is 322 g/mol. The molecule has 0 bridgehead atoms. The van der Waals surface area contributed by atoms with Crippen molar-refractivity contribution < 1.29 is 4.74 Å². The molecule has 0 amide bonds. The molecule has 2 aliphatic heterocycles. The molecule has 2 aliphatic rings. The highest BCUT2D eigenvalue weighted by Crippen LogP contribution is 2.26. The first-order valence-electron chi connectivity index (χ1n) is 8.55. The van der Waals surface area contributed by atoms with Crippen molar-refractivity contribution in [2.45, 2.75) is 25.1 Å². The van der Waals surface area contributed by atoms with Crippen LogP contribution in [0.5, 0.6) is 5.88 Å². The van der Waals surface area contributed by atoms with E-state index in [1.54, 1.807) is 6.20 Å². The van der Waals surface area contributed by atoms with E-state index in [4.69, 9.17) is 16.3 Å². The number of piperazine rings is 1. The summed E-state index contributed by atoms with van der Waals surface area (Å²) in [5, 5.41) is 0.641. The van der Waals surface area contributed by atoms with Crippen LogP contribution in [0.3, 0.4) is 0 Å². The van der Waals surface area contributed by atoms with Crippen molar-refractivity contribution in [3.05, 3.63) is 59.2 Å². The monoisotopic (exact) mass is 343 g/mol. The maximum atomic E-state index is 6.05. The highest BCUT2D eigenvalue weighted by Gasteiger charge is 2.37. The number of fused-ring (bicyclic) bond motifs is 1. The minimum absolute atomic E-state index is 0.223. The van der Waals surface area contributed by atoms with Crippen molar-refractivity contribution >= 4 is 11.6 Å². The van der Waals surface area contributed by atoms with Gasteiger partial charge in [0.05, 0.1) is 5.02 Å². The molecule has 3 heterocycles. The van der Waals surface area contributed by atoms with Gasteiger partial charge in [0.25, 0.3) is 0 Å². The Labute approximate surface area is 148 Å². The van der Waals surface area contributed by atoms with Crippen LogP contribution in [0.15, 0.2) is 48.7 Å². The molecule has 2 saturated heterocycles. The van der Waals surface area contributed by atoms with Crippen molar-refractivity contribution in [3.63, 3.8) is 0 Å². The van der Waals surface area contributed by atoms with Crippen molar-refractivity contribution in [1.82, 2.24) is 14.8 Å². The van der Waals surface area contributed by atoms with E-state index in [1.807, 2.05) is 12.1 Å². The van der Waals surface area contributed by atoms with Crippen molar-refractivity contribution in [1.29, 1.82) is 0 Å². The van der Waals surface area contributed by atoms with Gasteiger partial charge < -0.3 is 4.74 Å². The Bertz CT molecular complexity index is 664. The zero-order valence-corrected chi connectivity index (χ0v) is 14.4. The molecule has 24 heavy (non-hydrogen) atoms. The Morgan fingerprint density at radius 3 is 2.75 bits per heavy atom. The molecule has 0 spiro atoms. The Balaban J connectivity index is 1.33. The van der Waals surface area contributed by atoms with E-state index in [2.05, 4.69) is 45.1 Å². The molecule has 4 nitrogen and oxygen atoms in total. The summed E-state index contributed by atoms with van der Waals surface area (Å²) in [4.78, 5) is 9.36. The van der Waals surface area contributed by atoms with Crippen molar-refractivity contribution in [2.75, 3.05) is 26.2 Å². The van der Waals surface area contributed by atoms with E-state index >= 15 is 0 Å². The Kier molecular flexibility index (Phi) is 4.69. The van der Waals surface area contributed by atoms with Gasteiger partial charge in [0.15, 0.2) is 0 Å². The smallest absolute Gasteiger partial charge is 0.213 e. The zero-order chi connectivity index (χ0) is 16.4. The summed E-state index contributed by atoms with van der Waals surface area (Å²) in [6.07, 6.45) is 2.93. The molecule has 1 aromatic heterocycles. The lowest BCUT2D eigenvalue weighted by Gasteiger charge is -2.37. The summed E-state index contributed by atoms with van der Waals surface area (Å²) in [7, 11) is 0. The first kappa shape index (κ1) is 15.9. The second kappa shape index (κ2) is 7.09. The van der Waals surface area contributed by atoms with E-state index < -0.39 is 0 Å². The van der Waals surface area contributed by atoms with Crippen molar-refractivity contribution in [2.24, 2.45) is 0 Å². The largest absolute Gasteiger partial charge is 0.473 e. The topological polar surface area (TPSA) is 28.6 Å². The van der Waals surface area contributed by atoms with Crippen LogP contribution in [0, 0.1) is 0 Å². The Hall–Kier alpha value is -1.62.